The normalized spacial score (nSPS) is 10.6. The van der Waals surface area contributed by atoms with Gasteiger partial charge in [0.1, 0.15) is 9.88 Å². The molecular weight excluding hydrogens is 366 g/mol. The lowest BCUT2D eigenvalue weighted by Crippen LogP contribution is -2.24. The number of aryl methyl sites for hydroxylation is 1. The van der Waals surface area contributed by atoms with Gasteiger partial charge in [0.05, 0.1) is 5.69 Å². The van der Waals surface area contributed by atoms with Crippen molar-refractivity contribution in [2.75, 3.05) is 12.4 Å². The Labute approximate surface area is 160 Å². The maximum atomic E-state index is 12.8. The number of anilines is 1. The second kappa shape index (κ2) is 7.80. The number of thiazole rings is 1. The third-order valence-corrected chi connectivity index (χ3v) is 5.87. The van der Waals surface area contributed by atoms with E-state index in [4.69, 9.17) is 0 Å². The van der Waals surface area contributed by atoms with Gasteiger partial charge in [-0.1, -0.05) is 18.2 Å². The molecule has 26 heavy (non-hydrogen) atoms. The maximum Gasteiger partial charge on any atom is 0.267 e. The molecule has 0 radical (unpaired) electrons. The summed E-state index contributed by atoms with van der Waals surface area (Å²) < 4.78 is 0. The van der Waals surface area contributed by atoms with E-state index in [2.05, 4.69) is 10.3 Å². The standard InChI is InChI=1S/C19H19N3O2S2/c1-12-17(26-19(20-12)15-8-9-25-11-15)18(24)21-16-7-5-4-6-14(16)10-22(3)13(2)23/h4-9,11H,10H2,1-3H3,(H,21,24). The van der Waals surface area contributed by atoms with Crippen molar-refractivity contribution in [3.63, 3.8) is 0 Å². The minimum absolute atomic E-state index is 0.0233. The molecule has 2 aromatic heterocycles. The van der Waals surface area contributed by atoms with Crippen LogP contribution in [0, 0.1) is 6.92 Å². The molecule has 0 aliphatic carbocycles. The highest BCUT2D eigenvalue weighted by Crippen LogP contribution is 2.30. The minimum Gasteiger partial charge on any atom is -0.342 e. The Morgan fingerprint density at radius 2 is 2.00 bits per heavy atom. The van der Waals surface area contributed by atoms with Crippen molar-refractivity contribution in [3.05, 3.63) is 57.2 Å². The number of benzene rings is 1. The lowest BCUT2D eigenvalue weighted by molar-refractivity contribution is -0.128. The van der Waals surface area contributed by atoms with Crippen LogP contribution in [0.3, 0.4) is 0 Å². The van der Waals surface area contributed by atoms with Crippen molar-refractivity contribution in [1.29, 1.82) is 0 Å². The summed E-state index contributed by atoms with van der Waals surface area (Å²) in [6.45, 7) is 3.80. The molecule has 0 atom stereocenters. The van der Waals surface area contributed by atoms with E-state index in [1.807, 2.05) is 48.0 Å². The molecule has 2 heterocycles. The molecule has 0 fully saturated rings. The van der Waals surface area contributed by atoms with Gasteiger partial charge in [0.25, 0.3) is 5.91 Å². The Balaban J connectivity index is 1.82. The monoisotopic (exact) mass is 385 g/mol. The van der Waals surface area contributed by atoms with Crippen LogP contribution in [-0.2, 0) is 11.3 Å². The maximum absolute atomic E-state index is 12.8. The SMILES string of the molecule is CC(=O)N(C)Cc1ccccc1NC(=O)c1sc(-c2ccsc2)nc1C. The molecule has 2 amide bonds. The van der Waals surface area contributed by atoms with Crippen molar-refractivity contribution < 1.29 is 9.59 Å². The van der Waals surface area contributed by atoms with Crippen LogP contribution in [0.4, 0.5) is 5.69 Å². The number of rotatable bonds is 5. The number of hydrogen-bond donors (Lipinski definition) is 1. The molecule has 0 aliphatic heterocycles. The first kappa shape index (κ1) is 18.3. The topological polar surface area (TPSA) is 62.3 Å². The molecule has 0 spiro atoms. The van der Waals surface area contributed by atoms with Crippen LogP contribution in [0.5, 0.6) is 0 Å². The number of aromatic nitrogens is 1. The molecule has 0 bridgehead atoms. The molecule has 3 rings (SSSR count). The van der Waals surface area contributed by atoms with Gasteiger partial charge in [-0.3, -0.25) is 9.59 Å². The Morgan fingerprint density at radius 3 is 2.69 bits per heavy atom. The molecular formula is C19H19N3O2S2. The largest absolute Gasteiger partial charge is 0.342 e. The fraction of sp³-hybridized carbons (Fsp3) is 0.211. The Hall–Kier alpha value is -2.51. The van der Waals surface area contributed by atoms with Crippen molar-refractivity contribution in [1.82, 2.24) is 9.88 Å². The number of amides is 2. The summed E-state index contributed by atoms with van der Waals surface area (Å²) in [6.07, 6.45) is 0. The molecule has 7 heteroatoms. The zero-order chi connectivity index (χ0) is 18.7. The fourth-order valence-electron chi connectivity index (χ4n) is 2.44. The van der Waals surface area contributed by atoms with Crippen molar-refractivity contribution in [2.45, 2.75) is 20.4 Å². The van der Waals surface area contributed by atoms with Crippen LogP contribution in [0.25, 0.3) is 10.6 Å². The van der Waals surface area contributed by atoms with E-state index in [0.717, 1.165) is 16.1 Å². The summed E-state index contributed by atoms with van der Waals surface area (Å²) in [5.74, 6) is -0.204. The van der Waals surface area contributed by atoms with Crippen molar-refractivity contribution in [2.24, 2.45) is 0 Å². The Bertz CT molecular complexity index is 932. The second-order valence-corrected chi connectivity index (χ2v) is 7.71. The second-order valence-electron chi connectivity index (χ2n) is 5.93. The van der Waals surface area contributed by atoms with Gasteiger partial charge >= 0.3 is 0 Å². The average molecular weight is 386 g/mol. The Kier molecular flexibility index (Phi) is 5.49. The van der Waals surface area contributed by atoms with E-state index < -0.39 is 0 Å². The van der Waals surface area contributed by atoms with Gasteiger partial charge < -0.3 is 10.2 Å². The number of nitrogens with one attached hydrogen (secondary N) is 1. The lowest BCUT2D eigenvalue weighted by Gasteiger charge is -2.17. The van der Waals surface area contributed by atoms with Crippen LogP contribution in [0.1, 0.15) is 27.9 Å². The first-order valence-electron chi connectivity index (χ1n) is 8.06. The third-order valence-electron chi connectivity index (χ3n) is 3.98. The predicted octanol–water partition coefficient (Wildman–Crippen LogP) is 4.41. The highest BCUT2D eigenvalue weighted by molar-refractivity contribution is 7.17. The molecule has 134 valence electrons. The molecule has 0 saturated heterocycles. The summed E-state index contributed by atoms with van der Waals surface area (Å²) in [5.41, 5.74) is 3.34. The van der Waals surface area contributed by atoms with E-state index in [0.29, 0.717) is 22.8 Å². The van der Waals surface area contributed by atoms with Gasteiger partial charge in [-0.05, 0) is 30.0 Å². The van der Waals surface area contributed by atoms with Gasteiger partial charge in [0.15, 0.2) is 0 Å². The zero-order valence-corrected chi connectivity index (χ0v) is 16.4. The fourth-order valence-corrected chi connectivity index (χ4v) is 4.12. The molecule has 1 aromatic carbocycles. The van der Waals surface area contributed by atoms with E-state index in [1.165, 1.54) is 18.3 Å². The number of hydrogen-bond acceptors (Lipinski definition) is 5. The van der Waals surface area contributed by atoms with Gasteiger partial charge in [-0.25, -0.2) is 4.98 Å². The van der Waals surface area contributed by atoms with Gasteiger partial charge in [-0.2, -0.15) is 11.3 Å². The third kappa shape index (κ3) is 4.00. The van der Waals surface area contributed by atoms with Crippen LogP contribution < -0.4 is 5.32 Å². The van der Waals surface area contributed by atoms with Gasteiger partial charge in [0.2, 0.25) is 5.91 Å². The van der Waals surface area contributed by atoms with Crippen LogP contribution in [0.2, 0.25) is 0 Å². The molecule has 3 aromatic rings. The van der Waals surface area contributed by atoms with Gasteiger partial charge in [-0.15, -0.1) is 11.3 Å². The van der Waals surface area contributed by atoms with E-state index in [1.54, 1.807) is 23.3 Å². The summed E-state index contributed by atoms with van der Waals surface area (Å²) in [5, 5.41) is 7.83. The van der Waals surface area contributed by atoms with E-state index in [9.17, 15) is 9.59 Å². The number of carbonyl (C=O) groups excluding carboxylic acids is 2. The van der Waals surface area contributed by atoms with Crippen molar-refractivity contribution in [3.8, 4) is 10.6 Å². The van der Waals surface area contributed by atoms with Crippen LogP contribution in [0.15, 0.2) is 41.1 Å². The van der Waals surface area contributed by atoms with Crippen LogP contribution >= 0.6 is 22.7 Å². The average Bonchev–Trinajstić information content (AvgIpc) is 3.25. The first-order valence-corrected chi connectivity index (χ1v) is 9.82. The van der Waals surface area contributed by atoms with E-state index >= 15 is 0 Å². The molecule has 1 N–H and O–H groups in total. The molecule has 0 aliphatic rings. The minimum atomic E-state index is -0.181. The summed E-state index contributed by atoms with van der Waals surface area (Å²) in [4.78, 5) is 31.0. The van der Waals surface area contributed by atoms with Crippen LogP contribution in [-0.4, -0.2) is 28.7 Å². The van der Waals surface area contributed by atoms with Gasteiger partial charge in [0, 0.05) is 37.1 Å². The number of para-hydroxylation sites is 1. The number of thiophene rings is 1. The quantitative estimate of drug-likeness (QED) is 0.708. The van der Waals surface area contributed by atoms with E-state index in [-0.39, 0.29) is 11.8 Å². The summed E-state index contributed by atoms with van der Waals surface area (Å²) in [6, 6.07) is 9.51. The number of carbonyl (C=O) groups is 2. The lowest BCUT2D eigenvalue weighted by atomic mass is 10.1. The summed E-state index contributed by atoms with van der Waals surface area (Å²) in [7, 11) is 1.74. The molecule has 0 unspecified atom stereocenters. The predicted molar refractivity (Wildman–Crippen MR) is 107 cm³/mol. The highest BCUT2D eigenvalue weighted by atomic mass is 32.1. The molecule has 5 nitrogen and oxygen atoms in total. The van der Waals surface area contributed by atoms with Crippen molar-refractivity contribution >= 4 is 40.2 Å². The highest BCUT2D eigenvalue weighted by Gasteiger charge is 2.18. The smallest absolute Gasteiger partial charge is 0.267 e. The Morgan fingerprint density at radius 1 is 1.23 bits per heavy atom. The summed E-state index contributed by atoms with van der Waals surface area (Å²) >= 11 is 2.99. The first-order chi connectivity index (χ1) is 12.5. The zero-order valence-electron chi connectivity index (χ0n) is 14.8. The number of nitrogens with zero attached hydrogens (tertiary/aromatic N) is 2. The molecule has 0 saturated carbocycles.